The van der Waals surface area contributed by atoms with E-state index in [1.54, 1.807) is 20.1 Å². The highest BCUT2D eigenvalue weighted by molar-refractivity contribution is 5.46. The summed E-state index contributed by atoms with van der Waals surface area (Å²) < 4.78 is 44.0. The molecule has 0 amide bonds. The molecule has 0 bridgehead atoms. The van der Waals surface area contributed by atoms with Crippen LogP contribution in [0.25, 0.3) is 0 Å². The zero-order chi connectivity index (χ0) is 20.1. The van der Waals surface area contributed by atoms with Gasteiger partial charge in [0.1, 0.15) is 5.69 Å². The summed E-state index contributed by atoms with van der Waals surface area (Å²) in [6.07, 6.45) is -2.33. The van der Waals surface area contributed by atoms with Gasteiger partial charge in [-0.25, -0.2) is 9.97 Å². The van der Waals surface area contributed by atoms with Crippen LogP contribution in [-0.4, -0.2) is 41.6 Å². The third-order valence-corrected chi connectivity index (χ3v) is 4.82. The van der Waals surface area contributed by atoms with Crippen molar-refractivity contribution < 1.29 is 17.9 Å². The second-order valence-corrected chi connectivity index (χ2v) is 7.18. The van der Waals surface area contributed by atoms with E-state index in [0.717, 1.165) is 44.2 Å². The highest BCUT2D eigenvalue weighted by Crippen LogP contribution is 2.30. The van der Waals surface area contributed by atoms with E-state index in [1.807, 2.05) is 18.2 Å². The summed E-state index contributed by atoms with van der Waals surface area (Å²) in [5.74, 6) is 0.961. The molecule has 1 fully saturated rings. The molecule has 3 rings (SSSR count). The average molecular weight is 394 g/mol. The fourth-order valence-electron chi connectivity index (χ4n) is 3.53. The third-order valence-electron chi connectivity index (χ3n) is 4.82. The van der Waals surface area contributed by atoms with E-state index in [-0.39, 0.29) is 0 Å². The van der Waals surface area contributed by atoms with Crippen molar-refractivity contribution in [2.75, 3.05) is 32.1 Å². The fourth-order valence-corrected chi connectivity index (χ4v) is 3.53. The first-order chi connectivity index (χ1) is 13.3. The van der Waals surface area contributed by atoms with Gasteiger partial charge in [0.05, 0.1) is 12.8 Å². The minimum atomic E-state index is -4.44. The molecule has 1 aliphatic rings. The molecule has 2 aromatic rings. The van der Waals surface area contributed by atoms with Crippen molar-refractivity contribution in [1.29, 1.82) is 0 Å². The Morgan fingerprint density at radius 3 is 2.82 bits per heavy atom. The van der Waals surface area contributed by atoms with E-state index in [9.17, 15) is 13.2 Å². The predicted octanol–water partition coefficient (Wildman–Crippen LogP) is 4.14. The predicted molar refractivity (Wildman–Crippen MR) is 101 cm³/mol. The van der Waals surface area contributed by atoms with Gasteiger partial charge < -0.3 is 10.1 Å². The van der Waals surface area contributed by atoms with Crippen LogP contribution >= 0.6 is 0 Å². The normalized spacial score (nSPS) is 18.1. The Morgan fingerprint density at radius 1 is 1.25 bits per heavy atom. The number of rotatable bonds is 6. The number of hydrogen-bond acceptors (Lipinski definition) is 5. The average Bonchev–Trinajstić information content (AvgIpc) is 2.66. The number of ether oxygens (including phenoxy) is 1. The van der Waals surface area contributed by atoms with Gasteiger partial charge in [-0.05, 0) is 50.4 Å². The van der Waals surface area contributed by atoms with Gasteiger partial charge in [0, 0.05) is 37.1 Å². The van der Waals surface area contributed by atoms with E-state index in [0.29, 0.717) is 29.7 Å². The Labute approximate surface area is 162 Å². The SMILES string of the molecule is COc1cccc(CN2CCC[C@@H](CNc3cc(C)nc(C(F)(F)F)c3)C2)n1. The number of pyridine rings is 2. The van der Waals surface area contributed by atoms with Gasteiger partial charge in [0.2, 0.25) is 5.88 Å². The van der Waals surface area contributed by atoms with E-state index < -0.39 is 11.9 Å². The molecule has 1 saturated heterocycles. The Kier molecular flexibility index (Phi) is 6.39. The quantitative estimate of drug-likeness (QED) is 0.798. The van der Waals surface area contributed by atoms with Gasteiger partial charge in [0.15, 0.2) is 0 Å². The van der Waals surface area contributed by atoms with E-state index in [4.69, 9.17) is 4.74 Å². The minimum absolute atomic E-state index is 0.353. The number of alkyl halides is 3. The highest BCUT2D eigenvalue weighted by Gasteiger charge is 2.33. The van der Waals surface area contributed by atoms with Crippen LogP contribution in [0.1, 0.15) is 29.9 Å². The lowest BCUT2D eigenvalue weighted by atomic mass is 9.97. The first-order valence-corrected chi connectivity index (χ1v) is 9.35. The van der Waals surface area contributed by atoms with Crippen molar-refractivity contribution in [3.05, 3.63) is 47.4 Å². The number of aryl methyl sites for hydroxylation is 1. The molecule has 0 radical (unpaired) electrons. The number of methoxy groups -OCH3 is 1. The summed E-state index contributed by atoms with van der Waals surface area (Å²) in [4.78, 5) is 10.4. The van der Waals surface area contributed by atoms with Crippen molar-refractivity contribution in [1.82, 2.24) is 14.9 Å². The molecular formula is C20H25F3N4O. The lowest BCUT2D eigenvalue weighted by Gasteiger charge is -2.32. The lowest BCUT2D eigenvalue weighted by molar-refractivity contribution is -0.141. The van der Waals surface area contributed by atoms with Gasteiger partial charge in [0.25, 0.3) is 0 Å². The van der Waals surface area contributed by atoms with Gasteiger partial charge in [-0.15, -0.1) is 0 Å². The lowest BCUT2D eigenvalue weighted by Crippen LogP contribution is -2.37. The molecule has 1 atom stereocenters. The summed E-state index contributed by atoms with van der Waals surface area (Å²) >= 11 is 0. The second-order valence-electron chi connectivity index (χ2n) is 7.18. The van der Waals surface area contributed by atoms with Gasteiger partial charge in [-0.3, -0.25) is 4.90 Å². The number of nitrogens with one attached hydrogen (secondary N) is 1. The standard InChI is InChI=1S/C20H25F3N4O/c1-14-9-17(10-18(25-14)20(21,22)23)24-11-15-5-4-8-27(12-15)13-16-6-3-7-19(26-16)28-2/h3,6-7,9-10,15H,4-5,8,11-13H2,1-2H3,(H,24,25)/t15-/m0/s1. The van der Waals surface area contributed by atoms with Crippen molar-refractivity contribution in [2.45, 2.75) is 32.5 Å². The molecule has 0 spiro atoms. The van der Waals surface area contributed by atoms with Crippen LogP contribution in [0.2, 0.25) is 0 Å². The number of nitrogens with zero attached hydrogens (tertiary/aromatic N) is 3. The van der Waals surface area contributed by atoms with E-state index >= 15 is 0 Å². The largest absolute Gasteiger partial charge is 0.481 e. The van der Waals surface area contributed by atoms with Crippen LogP contribution in [0.3, 0.4) is 0 Å². The Morgan fingerprint density at radius 2 is 2.07 bits per heavy atom. The summed E-state index contributed by atoms with van der Waals surface area (Å²) in [6, 6.07) is 8.44. The Balaban J connectivity index is 1.57. The molecular weight excluding hydrogens is 369 g/mol. The first-order valence-electron chi connectivity index (χ1n) is 9.35. The van der Waals surface area contributed by atoms with Crippen molar-refractivity contribution in [2.24, 2.45) is 5.92 Å². The molecule has 1 aliphatic heterocycles. The summed E-state index contributed by atoms with van der Waals surface area (Å²) in [7, 11) is 1.60. The minimum Gasteiger partial charge on any atom is -0.481 e. The molecule has 0 aromatic carbocycles. The summed E-state index contributed by atoms with van der Waals surface area (Å²) in [5, 5.41) is 3.17. The Bertz CT molecular complexity index is 797. The molecule has 0 saturated carbocycles. The molecule has 0 aliphatic carbocycles. The molecule has 0 unspecified atom stereocenters. The molecule has 3 heterocycles. The van der Waals surface area contributed by atoms with Crippen LogP contribution in [0, 0.1) is 12.8 Å². The van der Waals surface area contributed by atoms with E-state index in [1.165, 1.54) is 0 Å². The number of piperidine rings is 1. The van der Waals surface area contributed by atoms with Crippen LogP contribution in [0.5, 0.6) is 5.88 Å². The number of aromatic nitrogens is 2. The fraction of sp³-hybridized carbons (Fsp3) is 0.500. The second kappa shape index (κ2) is 8.77. The Hall–Kier alpha value is -2.35. The van der Waals surface area contributed by atoms with Crippen molar-refractivity contribution in [3.63, 3.8) is 0 Å². The molecule has 152 valence electrons. The molecule has 1 N–H and O–H groups in total. The zero-order valence-corrected chi connectivity index (χ0v) is 16.1. The first kappa shape index (κ1) is 20.4. The van der Waals surface area contributed by atoms with Gasteiger partial charge >= 0.3 is 6.18 Å². The molecule has 28 heavy (non-hydrogen) atoms. The van der Waals surface area contributed by atoms with Gasteiger partial charge in [-0.1, -0.05) is 6.07 Å². The van der Waals surface area contributed by atoms with Crippen LogP contribution in [0.4, 0.5) is 18.9 Å². The summed E-state index contributed by atoms with van der Waals surface area (Å²) in [6.45, 7) is 4.80. The molecule has 5 nitrogen and oxygen atoms in total. The van der Waals surface area contributed by atoms with Crippen molar-refractivity contribution >= 4 is 5.69 Å². The number of halogens is 3. The number of hydrogen-bond donors (Lipinski definition) is 1. The zero-order valence-electron chi connectivity index (χ0n) is 16.1. The molecule has 8 heteroatoms. The topological polar surface area (TPSA) is 50.3 Å². The number of likely N-dealkylation sites (tertiary alicyclic amines) is 1. The summed E-state index contributed by atoms with van der Waals surface area (Å²) in [5.41, 5.74) is 0.912. The monoisotopic (exact) mass is 394 g/mol. The van der Waals surface area contributed by atoms with Gasteiger partial charge in [-0.2, -0.15) is 13.2 Å². The third kappa shape index (κ3) is 5.58. The van der Waals surface area contributed by atoms with Crippen LogP contribution in [0.15, 0.2) is 30.3 Å². The smallest absolute Gasteiger partial charge is 0.433 e. The number of anilines is 1. The van der Waals surface area contributed by atoms with Crippen molar-refractivity contribution in [3.8, 4) is 5.88 Å². The van der Waals surface area contributed by atoms with E-state index in [2.05, 4.69) is 20.2 Å². The molecule has 2 aromatic heterocycles. The van der Waals surface area contributed by atoms with Crippen LogP contribution < -0.4 is 10.1 Å². The maximum absolute atomic E-state index is 12.9. The van der Waals surface area contributed by atoms with Crippen LogP contribution in [-0.2, 0) is 12.7 Å². The highest BCUT2D eigenvalue weighted by atomic mass is 19.4. The maximum Gasteiger partial charge on any atom is 0.433 e. The maximum atomic E-state index is 12.9.